The van der Waals surface area contributed by atoms with E-state index >= 15 is 0 Å². The molecule has 5 rings (SSSR count). The van der Waals surface area contributed by atoms with Crippen molar-refractivity contribution in [3.63, 3.8) is 0 Å². The molecule has 0 saturated heterocycles. The number of phenols is 1. The first kappa shape index (κ1) is 22.4. The zero-order chi connectivity index (χ0) is 25.4. The first-order chi connectivity index (χ1) is 16.5. The van der Waals surface area contributed by atoms with E-state index in [4.69, 9.17) is 15.9 Å². The van der Waals surface area contributed by atoms with Gasteiger partial charge in [0.1, 0.15) is 28.6 Å². The van der Waals surface area contributed by atoms with E-state index in [1.807, 2.05) is 0 Å². The van der Waals surface area contributed by atoms with Crippen LogP contribution in [0.25, 0.3) is 17.1 Å². The number of aliphatic hydroxyl groups excluding tert-OH is 2. The molecule has 180 valence electrons. The number of nitrogens with two attached hydrogens (primary N) is 2. The van der Waals surface area contributed by atoms with E-state index in [1.165, 1.54) is 18.4 Å². The van der Waals surface area contributed by atoms with Gasteiger partial charge in [0.15, 0.2) is 11.4 Å². The number of benzene rings is 1. The van der Waals surface area contributed by atoms with Crippen molar-refractivity contribution < 1.29 is 44.0 Å². The van der Waals surface area contributed by atoms with Crippen LogP contribution in [0.1, 0.15) is 34.3 Å². The summed E-state index contributed by atoms with van der Waals surface area (Å²) in [5.41, 5.74) is 7.17. The third-order valence-corrected chi connectivity index (χ3v) is 7.11. The quantitative estimate of drug-likeness (QED) is 0.342. The van der Waals surface area contributed by atoms with Crippen molar-refractivity contribution in [1.82, 2.24) is 0 Å². The second-order valence-electron chi connectivity index (χ2n) is 8.93. The van der Waals surface area contributed by atoms with Gasteiger partial charge in [-0.1, -0.05) is 6.07 Å². The highest BCUT2D eigenvalue weighted by atomic mass is 16.3. The Morgan fingerprint density at radius 3 is 2.40 bits per heavy atom. The molecule has 3 aliphatic rings. The maximum atomic E-state index is 13.5. The number of aliphatic hydroxyl groups is 3. The van der Waals surface area contributed by atoms with Crippen LogP contribution in [0.4, 0.5) is 0 Å². The third kappa shape index (κ3) is 2.88. The van der Waals surface area contributed by atoms with E-state index in [0.29, 0.717) is 5.56 Å². The number of amides is 2. The molecule has 0 bridgehead atoms. The van der Waals surface area contributed by atoms with E-state index in [0.717, 1.165) is 0 Å². The molecule has 11 nitrogen and oxygen atoms in total. The highest BCUT2D eigenvalue weighted by Crippen LogP contribution is 2.52. The summed E-state index contributed by atoms with van der Waals surface area (Å²) >= 11 is 0. The largest absolute Gasteiger partial charge is 0.508 e. The Labute approximate surface area is 196 Å². The predicted molar refractivity (Wildman–Crippen MR) is 118 cm³/mol. The lowest BCUT2D eigenvalue weighted by molar-refractivity contribution is -0.147. The van der Waals surface area contributed by atoms with E-state index < -0.39 is 63.7 Å². The number of aromatic hydroxyl groups is 1. The molecule has 0 aliphatic heterocycles. The van der Waals surface area contributed by atoms with Crippen molar-refractivity contribution in [3.8, 4) is 17.1 Å². The minimum atomic E-state index is -2.64. The van der Waals surface area contributed by atoms with Crippen LogP contribution in [-0.4, -0.2) is 49.4 Å². The van der Waals surface area contributed by atoms with E-state index in [1.54, 1.807) is 6.07 Å². The van der Waals surface area contributed by atoms with Gasteiger partial charge in [0.25, 0.3) is 11.8 Å². The van der Waals surface area contributed by atoms with E-state index in [9.17, 15) is 39.6 Å². The van der Waals surface area contributed by atoms with Crippen LogP contribution in [-0.2, 0) is 20.8 Å². The first-order valence-corrected chi connectivity index (χ1v) is 10.7. The fourth-order valence-corrected chi connectivity index (χ4v) is 5.49. The van der Waals surface area contributed by atoms with Crippen molar-refractivity contribution >= 4 is 29.1 Å². The summed E-state index contributed by atoms with van der Waals surface area (Å²) < 4.78 is 5.31. The number of ketones is 2. The van der Waals surface area contributed by atoms with Crippen LogP contribution in [0, 0.1) is 11.8 Å². The predicted octanol–water partition coefficient (Wildman–Crippen LogP) is 0.783. The number of Topliss-reactive ketones (excluding diaryl/α,β-unsaturated/α-hetero) is 2. The summed E-state index contributed by atoms with van der Waals surface area (Å²) in [5, 5.41) is 44.0. The van der Waals surface area contributed by atoms with Crippen LogP contribution in [0.3, 0.4) is 0 Å². The molecule has 1 aromatic heterocycles. The Balaban J connectivity index is 1.69. The van der Waals surface area contributed by atoms with Gasteiger partial charge in [0.05, 0.1) is 23.0 Å². The molecule has 1 fully saturated rings. The molecule has 1 aromatic carbocycles. The van der Waals surface area contributed by atoms with Crippen LogP contribution < -0.4 is 11.5 Å². The van der Waals surface area contributed by atoms with Gasteiger partial charge in [-0.25, -0.2) is 0 Å². The van der Waals surface area contributed by atoms with Crippen LogP contribution in [0.5, 0.6) is 5.75 Å². The number of carbonyl (C=O) groups excluding carboxylic acids is 4. The number of hydrogen-bond donors (Lipinski definition) is 6. The summed E-state index contributed by atoms with van der Waals surface area (Å²) in [6.45, 7) is 0. The van der Waals surface area contributed by atoms with Gasteiger partial charge in [-0.3, -0.25) is 19.2 Å². The fourth-order valence-electron chi connectivity index (χ4n) is 5.49. The molecule has 3 aliphatic carbocycles. The molecule has 0 unspecified atom stereocenters. The van der Waals surface area contributed by atoms with Gasteiger partial charge < -0.3 is 36.3 Å². The maximum absolute atomic E-state index is 13.5. The SMILES string of the molecule is NC(=O)C1=C(O)[C@@]2(O)C(=O)C3=C(O)c4c(ccc(-c5occc5C(N)=O)c4O)C[C@H]3C[C@H]2CC1=O. The minimum absolute atomic E-state index is 0.00659. The standard InChI is InChI=1S/C24H20N2O9/c25-22(32)12-3-4-35-19(12)11-2-1-8-5-9-6-10-7-13(27)16(23(26)33)21(31)24(10,34)20(30)15(9)18(29)14(8)17(11)28/h1-4,9-10,28-29,31,34H,5-7H2,(H2,25,32)(H2,26,33)/t9-,10-,24-/m0/s1. The average molecular weight is 480 g/mol. The Morgan fingerprint density at radius 2 is 1.74 bits per heavy atom. The monoisotopic (exact) mass is 480 g/mol. The molecule has 2 amide bonds. The topological polar surface area (TPSA) is 214 Å². The van der Waals surface area contributed by atoms with Gasteiger partial charge in [0.2, 0.25) is 5.78 Å². The van der Waals surface area contributed by atoms with Crippen molar-refractivity contribution in [2.45, 2.75) is 24.9 Å². The van der Waals surface area contributed by atoms with Gasteiger partial charge in [0, 0.05) is 17.9 Å². The average Bonchev–Trinajstić information content (AvgIpc) is 3.26. The molecule has 0 radical (unpaired) electrons. The van der Waals surface area contributed by atoms with E-state index in [2.05, 4.69) is 0 Å². The number of furan rings is 1. The summed E-state index contributed by atoms with van der Waals surface area (Å²) in [5.74, 6) is -7.93. The number of primary amides is 2. The van der Waals surface area contributed by atoms with Crippen LogP contribution in [0.2, 0.25) is 0 Å². The van der Waals surface area contributed by atoms with Gasteiger partial charge in [-0.15, -0.1) is 0 Å². The normalized spacial score (nSPS) is 25.7. The smallest absolute Gasteiger partial charge is 0.255 e. The maximum Gasteiger partial charge on any atom is 0.255 e. The van der Waals surface area contributed by atoms with Crippen molar-refractivity contribution in [3.05, 3.63) is 58.1 Å². The molecule has 1 saturated carbocycles. The number of hydrogen-bond acceptors (Lipinski definition) is 9. The second kappa shape index (κ2) is 7.31. The summed E-state index contributed by atoms with van der Waals surface area (Å²) in [4.78, 5) is 49.3. The molecule has 0 spiro atoms. The number of phenolic OH excluding ortho intramolecular Hbond substituents is 1. The van der Waals surface area contributed by atoms with Crippen molar-refractivity contribution in [2.24, 2.45) is 23.3 Å². The highest BCUT2D eigenvalue weighted by Gasteiger charge is 2.60. The van der Waals surface area contributed by atoms with Crippen molar-refractivity contribution in [2.75, 3.05) is 0 Å². The minimum Gasteiger partial charge on any atom is -0.508 e. The Morgan fingerprint density at radius 1 is 1.03 bits per heavy atom. The Hall–Kier alpha value is -4.38. The molecule has 2 aromatic rings. The Kier molecular flexibility index (Phi) is 4.68. The molecule has 1 heterocycles. The third-order valence-electron chi connectivity index (χ3n) is 7.11. The van der Waals surface area contributed by atoms with Crippen molar-refractivity contribution in [1.29, 1.82) is 0 Å². The van der Waals surface area contributed by atoms with Crippen LogP contribution >= 0.6 is 0 Å². The lowest BCUT2D eigenvalue weighted by Crippen LogP contribution is -2.58. The fraction of sp³-hybridized carbons (Fsp3) is 0.250. The number of carbonyl (C=O) groups is 4. The number of fused-ring (bicyclic) bond motifs is 3. The zero-order valence-corrected chi connectivity index (χ0v) is 18.1. The van der Waals surface area contributed by atoms with Gasteiger partial charge >= 0.3 is 0 Å². The highest BCUT2D eigenvalue weighted by molar-refractivity contribution is 6.22. The number of rotatable bonds is 3. The van der Waals surface area contributed by atoms with Gasteiger partial charge in [-0.2, -0.15) is 0 Å². The zero-order valence-electron chi connectivity index (χ0n) is 18.1. The molecule has 11 heteroatoms. The summed E-state index contributed by atoms with van der Waals surface area (Å²) in [6, 6.07) is 4.39. The van der Waals surface area contributed by atoms with Crippen LogP contribution in [0.15, 0.2) is 45.8 Å². The Bertz CT molecular complexity index is 1430. The lowest BCUT2D eigenvalue weighted by atomic mass is 9.59. The molecular formula is C24H20N2O9. The second-order valence-corrected chi connectivity index (χ2v) is 8.93. The first-order valence-electron chi connectivity index (χ1n) is 10.7. The lowest BCUT2D eigenvalue weighted by Gasteiger charge is -2.46. The molecule has 8 N–H and O–H groups in total. The summed E-state index contributed by atoms with van der Waals surface area (Å²) in [7, 11) is 0. The molecular weight excluding hydrogens is 460 g/mol. The summed E-state index contributed by atoms with van der Waals surface area (Å²) in [6.07, 6.45) is 1.03. The van der Waals surface area contributed by atoms with Gasteiger partial charge in [-0.05, 0) is 36.5 Å². The van der Waals surface area contributed by atoms with E-state index in [-0.39, 0.29) is 47.3 Å². The molecule has 35 heavy (non-hydrogen) atoms. The molecule has 3 atom stereocenters.